The Bertz CT molecular complexity index is 571. The number of likely N-dealkylation sites (tertiary alicyclic amines) is 1. The summed E-state index contributed by atoms with van der Waals surface area (Å²) < 4.78 is 6.77. The van der Waals surface area contributed by atoms with Gasteiger partial charge >= 0.3 is 0 Å². The topological polar surface area (TPSA) is 62.4 Å². The third kappa shape index (κ3) is 3.11. The van der Waals surface area contributed by atoms with Crippen LogP contribution in [0.5, 0.6) is 0 Å². The standard InChI is InChI=1S/C13H16BrN3O2S/c14-11-5-4-10(20-11)13-16-15-12(19-13)7-17-6-2-1-3-9(17)8-18/h4-5,9,18H,1-3,6-8H2. The average molecular weight is 358 g/mol. The summed E-state index contributed by atoms with van der Waals surface area (Å²) >= 11 is 5.00. The fourth-order valence-corrected chi connectivity index (χ4v) is 3.80. The van der Waals surface area contributed by atoms with E-state index in [0.717, 1.165) is 28.0 Å². The van der Waals surface area contributed by atoms with Gasteiger partial charge in [0, 0.05) is 6.04 Å². The Morgan fingerprint density at radius 2 is 2.30 bits per heavy atom. The lowest BCUT2D eigenvalue weighted by Gasteiger charge is -2.33. The van der Waals surface area contributed by atoms with Gasteiger partial charge in [0.15, 0.2) is 0 Å². The second kappa shape index (κ2) is 6.34. The maximum atomic E-state index is 9.41. The van der Waals surface area contributed by atoms with E-state index < -0.39 is 0 Å². The number of rotatable bonds is 4. The third-order valence-corrected chi connectivity index (χ3v) is 5.16. The lowest BCUT2D eigenvalue weighted by atomic mass is 10.0. The van der Waals surface area contributed by atoms with Crippen molar-refractivity contribution in [1.29, 1.82) is 0 Å². The molecule has 108 valence electrons. The molecule has 1 unspecified atom stereocenters. The number of nitrogens with zero attached hydrogens (tertiary/aromatic N) is 3. The first-order valence-electron chi connectivity index (χ1n) is 6.69. The van der Waals surface area contributed by atoms with E-state index in [1.54, 1.807) is 11.3 Å². The molecule has 0 aromatic carbocycles. The number of hydrogen-bond donors (Lipinski definition) is 1. The van der Waals surface area contributed by atoms with Crippen LogP contribution in [0, 0.1) is 0 Å². The Morgan fingerprint density at radius 1 is 1.40 bits per heavy atom. The van der Waals surface area contributed by atoms with E-state index in [2.05, 4.69) is 31.0 Å². The third-order valence-electron chi connectivity index (χ3n) is 3.55. The Morgan fingerprint density at radius 3 is 3.05 bits per heavy atom. The fraction of sp³-hybridized carbons (Fsp3) is 0.538. The molecule has 2 aromatic rings. The first kappa shape index (κ1) is 14.2. The van der Waals surface area contributed by atoms with Gasteiger partial charge < -0.3 is 9.52 Å². The number of aliphatic hydroxyl groups excluding tert-OH is 1. The summed E-state index contributed by atoms with van der Waals surface area (Å²) in [6.45, 7) is 1.79. The summed E-state index contributed by atoms with van der Waals surface area (Å²) in [6, 6.07) is 4.15. The highest BCUT2D eigenvalue weighted by Crippen LogP contribution is 2.30. The Balaban J connectivity index is 1.70. The molecule has 0 aliphatic carbocycles. The molecule has 20 heavy (non-hydrogen) atoms. The molecule has 3 rings (SSSR count). The first-order chi connectivity index (χ1) is 9.76. The van der Waals surface area contributed by atoms with Crippen molar-refractivity contribution in [3.63, 3.8) is 0 Å². The molecule has 3 heterocycles. The molecule has 0 radical (unpaired) electrons. The van der Waals surface area contributed by atoms with Crippen LogP contribution in [0.4, 0.5) is 0 Å². The van der Waals surface area contributed by atoms with Crippen LogP contribution in [0.15, 0.2) is 20.3 Å². The molecule has 1 aliphatic heterocycles. The number of piperidine rings is 1. The highest BCUT2D eigenvalue weighted by molar-refractivity contribution is 9.11. The predicted molar refractivity (Wildman–Crippen MR) is 80.4 cm³/mol. The minimum Gasteiger partial charge on any atom is -0.419 e. The van der Waals surface area contributed by atoms with Gasteiger partial charge in [0.1, 0.15) is 0 Å². The van der Waals surface area contributed by atoms with Crippen LogP contribution in [-0.2, 0) is 6.54 Å². The van der Waals surface area contributed by atoms with Gasteiger partial charge in [0.2, 0.25) is 5.89 Å². The Labute approximate surface area is 129 Å². The summed E-state index contributed by atoms with van der Waals surface area (Å²) in [5.74, 6) is 1.18. The highest BCUT2D eigenvalue weighted by atomic mass is 79.9. The number of aliphatic hydroxyl groups is 1. The van der Waals surface area contributed by atoms with Crippen molar-refractivity contribution < 1.29 is 9.52 Å². The van der Waals surface area contributed by atoms with Gasteiger partial charge in [0.05, 0.1) is 21.8 Å². The molecular formula is C13H16BrN3O2S. The summed E-state index contributed by atoms with van der Waals surface area (Å²) in [4.78, 5) is 3.19. The summed E-state index contributed by atoms with van der Waals surface area (Å²) in [6.07, 6.45) is 3.38. The van der Waals surface area contributed by atoms with E-state index in [1.807, 2.05) is 12.1 Å². The Hall–Kier alpha value is -0.760. The van der Waals surface area contributed by atoms with Crippen molar-refractivity contribution in [1.82, 2.24) is 15.1 Å². The van der Waals surface area contributed by atoms with Crippen LogP contribution in [0.1, 0.15) is 25.2 Å². The lowest BCUT2D eigenvalue weighted by molar-refractivity contribution is 0.0769. The molecule has 0 saturated carbocycles. The van der Waals surface area contributed by atoms with Crippen molar-refractivity contribution in [3.8, 4) is 10.8 Å². The average Bonchev–Trinajstić information content (AvgIpc) is 3.08. The lowest BCUT2D eigenvalue weighted by Crippen LogP contribution is -2.41. The number of thiophene rings is 1. The molecule has 0 amide bonds. The SMILES string of the molecule is OCC1CCCCN1Cc1nnc(-c2ccc(Br)s2)o1. The molecule has 1 fully saturated rings. The van der Waals surface area contributed by atoms with Gasteiger partial charge in [0.25, 0.3) is 5.89 Å². The zero-order chi connectivity index (χ0) is 13.9. The zero-order valence-corrected chi connectivity index (χ0v) is 13.4. The second-order valence-electron chi connectivity index (χ2n) is 4.91. The smallest absolute Gasteiger partial charge is 0.257 e. The monoisotopic (exact) mass is 357 g/mol. The van der Waals surface area contributed by atoms with Gasteiger partial charge in [-0.05, 0) is 47.4 Å². The Kier molecular flexibility index (Phi) is 4.50. The molecule has 1 saturated heterocycles. The first-order valence-corrected chi connectivity index (χ1v) is 8.30. The van der Waals surface area contributed by atoms with Crippen LogP contribution in [0.3, 0.4) is 0 Å². The molecule has 7 heteroatoms. The van der Waals surface area contributed by atoms with E-state index >= 15 is 0 Å². The van der Waals surface area contributed by atoms with Crippen molar-refractivity contribution in [2.24, 2.45) is 0 Å². The number of hydrogen-bond acceptors (Lipinski definition) is 6. The van der Waals surface area contributed by atoms with E-state index in [-0.39, 0.29) is 12.6 Å². The van der Waals surface area contributed by atoms with Crippen LogP contribution >= 0.6 is 27.3 Å². The molecule has 0 spiro atoms. The van der Waals surface area contributed by atoms with Crippen LogP contribution in [0.2, 0.25) is 0 Å². The molecule has 0 bridgehead atoms. The fourth-order valence-electron chi connectivity index (χ4n) is 2.49. The van der Waals surface area contributed by atoms with E-state index in [4.69, 9.17) is 4.42 Å². The molecule has 1 aliphatic rings. The van der Waals surface area contributed by atoms with Crippen molar-refractivity contribution in [2.45, 2.75) is 31.8 Å². The zero-order valence-electron chi connectivity index (χ0n) is 11.0. The van der Waals surface area contributed by atoms with E-state index in [1.165, 1.54) is 6.42 Å². The molecule has 5 nitrogen and oxygen atoms in total. The van der Waals surface area contributed by atoms with E-state index in [9.17, 15) is 5.11 Å². The minimum absolute atomic E-state index is 0.193. The largest absolute Gasteiger partial charge is 0.419 e. The summed E-state index contributed by atoms with van der Waals surface area (Å²) in [5, 5.41) is 17.6. The van der Waals surface area contributed by atoms with Gasteiger partial charge in [-0.2, -0.15) is 0 Å². The van der Waals surface area contributed by atoms with Crippen LogP contribution in [0.25, 0.3) is 10.8 Å². The van der Waals surface area contributed by atoms with Gasteiger partial charge in [-0.3, -0.25) is 4.90 Å². The number of aromatic nitrogens is 2. The highest BCUT2D eigenvalue weighted by Gasteiger charge is 2.23. The summed E-state index contributed by atoms with van der Waals surface area (Å²) in [7, 11) is 0. The van der Waals surface area contributed by atoms with Gasteiger partial charge in [-0.25, -0.2) is 0 Å². The number of halogens is 1. The van der Waals surface area contributed by atoms with Crippen molar-refractivity contribution >= 4 is 27.3 Å². The molecular weight excluding hydrogens is 342 g/mol. The second-order valence-corrected chi connectivity index (χ2v) is 7.37. The van der Waals surface area contributed by atoms with Crippen molar-refractivity contribution in [2.75, 3.05) is 13.2 Å². The maximum absolute atomic E-state index is 9.41. The van der Waals surface area contributed by atoms with Gasteiger partial charge in [-0.1, -0.05) is 6.42 Å². The predicted octanol–water partition coefficient (Wildman–Crippen LogP) is 2.91. The quantitative estimate of drug-likeness (QED) is 0.911. The maximum Gasteiger partial charge on any atom is 0.257 e. The minimum atomic E-state index is 0.193. The molecule has 1 N–H and O–H groups in total. The van der Waals surface area contributed by atoms with E-state index in [0.29, 0.717) is 18.3 Å². The summed E-state index contributed by atoms with van der Waals surface area (Å²) in [5.41, 5.74) is 0. The molecule has 2 aromatic heterocycles. The van der Waals surface area contributed by atoms with Crippen LogP contribution < -0.4 is 0 Å². The normalized spacial score (nSPS) is 20.4. The van der Waals surface area contributed by atoms with Gasteiger partial charge in [-0.15, -0.1) is 21.5 Å². The molecule has 1 atom stereocenters. The van der Waals surface area contributed by atoms with Crippen LogP contribution in [-0.4, -0.2) is 39.4 Å². The van der Waals surface area contributed by atoms with Crippen molar-refractivity contribution in [3.05, 3.63) is 21.8 Å².